The third-order valence-electron chi connectivity index (χ3n) is 4.68. The molecule has 1 aromatic rings. The fourth-order valence-electron chi connectivity index (χ4n) is 3.22. The lowest BCUT2D eigenvalue weighted by atomic mass is 9.91. The molecule has 0 saturated heterocycles. The molecule has 1 amide bonds. The van der Waals surface area contributed by atoms with Crippen molar-refractivity contribution in [1.82, 2.24) is 5.32 Å². The lowest BCUT2D eigenvalue weighted by Crippen LogP contribution is -2.30. The monoisotopic (exact) mass is 433 g/mol. The highest BCUT2D eigenvalue weighted by Gasteiger charge is 2.16. The van der Waals surface area contributed by atoms with Crippen LogP contribution in [0.1, 0.15) is 70.2 Å². The van der Waals surface area contributed by atoms with Crippen LogP contribution in [0.3, 0.4) is 0 Å². The lowest BCUT2D eigenvalue weighted by molar-refractivity contribution is 0.0943. The van der Waals surface area contributed by atoms with E-state index in [2.05, 4.69) is 5.32 Å². The van der Waals surface area contributed by atoms with E-state index in [-0.39, 0.29) is 20.8 Å². The zero-order chi connectivity index (χ0) is 18.6. The number of carbonyl (C=O) groups is 1. The first-order valence-corrected chi connectivity index (χ1v) is 10.5. The Labute approximate surface area is 181 Å². The topological polar surface area (TPSA) is 47.6 Å². The van der Waals surface area contributed by atoms with Gasteiger partial charge >= 0.3 is 0 Å². The second kappa shape index (κ2) is 15.9. The molecule has 1 fully saturated rings. The average molecular weight is 434 g/mol. The summed E-state index contributed by atoms with van der Waals surface area (Å²) >= 11 is 11.8. The van der Waals surface area contributed by atoms with Crippen molar-refractivity contribution in [3.05, 3.63) is 28.8 Å². The third-order valence-corrected chi connectivity index (χ3v) is 5.16. The van der Waals surface area contributed by atoms with Gasteiger partial charge in [0, 0.05) is 12.4 Å². The summed E-state index contributed by atoms with van der Waals surface area (Å²) in [6, 6.07) is 5.15. The van der Waals surface area contributed by atoms with Crippen molar-refractivity contribution >= 4 is 29.1 Å². The highest BCUT2D eigenvalue weighted by Crippen LogP contribution is 2.24. The van der Waals surface area contributed by atoms with Crippen molar-refractivity contribution in [1.29, 1.82) is 0 Å². The molecule has 2 rings (SSSR count). The van der Waals surface area contributed by atoms with Crippen LogP contribution in [-0.4, -0.2) is 38.2 Å². The molecule has 0 unspecified atom stereocenters. The van der Waals surface area contributed by atoms with Crippen molar-refractivity contribution in [3.8, 4) is 5.75 Å². The standard InChI is InChI=1S/C20H29Cl2NO3.2CH4/c21-10-11-25-12-13-26-17-8-9-19(22)18(14-17)20(24)23-15-16-6-4-2-1-3-5-7-16;;/h8-9,14,16H,1-7,10-13,15H2,(H,23,24);2*1H4. The summed E-state index contributed by atoms with van der Waals surface area (Å²) in [6.45, 7) is 2.08. The van der Waals surface area contributed by atoms with Crippen molar-refractivity contribution in [2.24, 2.45) is 5.92 Å². The summed E-state index contributed by atoms with van der Waals surface area (Å²) in [5.74, 6) is 1.50. The number of rotatable bonds is 9. The van der Waals surface area contributed by atoms with Gasteiger partial charge in [0.25, 0.3) is 5.91 Å². The highest BCUT2D eigenvalue weighted by molar-refractivity contribution is 6.33. The van der Waals surface area contributed by atoms with Gasteiger partial charge in [0.15, 0.2) is 0 Å². The van der Waals surface area contributed by atoms with Gasteiger partial charge in [0.2, 0.25) is 0 Å². The molecule has 1 aliphatic carbocycles. The van der Waals surface area contributed by atoms with Crippen LogP contribution in [0.25, 0.3) is 0 Å². The van der Waals surface area contributed by atoms with Gasteiger partial charge in [-0.15, -0.1) is 11.6 Å². The van der Waals surface area contributed by atoms with Crippen LogP contribution in [0, 0.1) is 5.92 Å². The Bertz CT molecular complexity index is 547. The summed E-state index contributed by atoms with van der Waals surface area (Å²) in [4.78, 5) is 12.5. The summed E-state index contributed by atoms with van der Waals surface area (Å²) in [6.07, 6.45) is 8.87. The third kappa shape index (κ3) is 9.99. The minimum atomic E-state index is -0.138. The van der Waals surface area contributed by atoms with Gasteiger partial charge in [-0.05, 0) is 37.0 Å². The Morgan fingerprint density at radius 1 is 1.04 bits per heavy atom. The van der Waals surface area contributed by atoms with Crippen LogP contribution < -0.4 is 10.1 Å². The SMILES string of the molecule is C.C.O=C(NCC1CCCCCCC1)c1cc(OCCOCCCl)ccc1Cl. The molecular weight excluding hydrogens is 397 g/mol. The van der Waals surface area contributed by atoms with Crippen LogP contribution >= 0.6 is 23.2 Å². The van der Waals surface area contributed by atoms with Crippen molar-refractivity contribution in [3.63, 3.8) is 0 Å². The van der Waals surface area contributed by atoms with E-state index in [4.69, 9.17) is 32.7 Å². The molecule has 1 saturated carbocycles. The Hall–Kier alpha value is -0.970. The normalized spacial score (nSPS) is 14.8. The van der Waals surface area contributed by atoms with Crippen LogP contribution in [0.4, 0.5) is 0 Å². The van der Waals surface area contributed by atoms with Crippen molar-refractivity contribution in [2.75, 3.05) is 32.2 Å². The minimum Gasteiger partial charge on any atom is -0.491 e. The Morgan fingerprint density at radius 2 is 1.71 bits per heavy atom. The van der Waals surface area contributed by atoms with Crippen LogP contribution in [0.2, 0.25) is 5.02 Å². The molecule has 1 aliphatic rings. The minimum absolute atomic E-state index is 0. The van der Waals surface area contributed by atoms with Gasteiger partial charge < -0.3 is 14.8 Å². The molecule has 1 N–H and O–H groups in total. The number of carbonyl (C=O) groups excluding carboxylic acids is 1. The van der Waals surface area contributed by atoms with Gasteiger partial charge in [-0.3, -0.25) is 4.79 Å². The largest absolute Gasteiger partial charge is 0.491 e. The van der Waals surface area contributed by atoms with Crippen molar-refractivity contribution < 1.29 is 14.3 Å². The molecule has 0 heterocycles. The van der Waals surface area contributed by atoms with E-state index in [1.807, 2.05) is 0 Å². The van der Waals surface area contributed by atoms with E-state index >= 15 is 0 Å². The lowest BCUT2D eigenvalue weighted by Gasteiger charge is -2.20. The van der Waals surface area contributed by atoms with Gasteiger partial charge in [0.05, 0.1) is 23.8 Å². The highest BCUT2D eigenvalue weighted by atomic mass is 35.5. The Kier molecular flexibility index (Phi) is 15.3. The summed E-state index contributed by atoms with van der Waals surface area (Å²) in [5.41, 5.74) is 0.455. The predicted octanol–water partition coefficient (Wildman–Crippen LogP) is 6.34. The number of amides is 1. The van der Waals surface area contributed by atoms with Gasteiger partial charge in [0.1, 0.15) is 12.4 Å². The molecule has 1 aromatic carbocycles. The van der Waals surface area contributed by atoms with E-state index in [9.17, 15) is 4.79 Å². The summed E-state index contributed by atoms with van der Waals surface area (Å²) in [5, 5.41) is 3.49. The summed E-state index contributed by atoms with van der Waals surface area (Å²) in [7, 11) is 0. The molecular formula is C22H37Cl2NO3. The predicted molar refractivity (Wildman–Crippen MR) is 120 cm³/mol. The van der Waals surface area contributed by atoms with Crippen LogP contribution in [0.15, 0.2) is 18.2 Å². The molecule has 0 radical (unpaired) electrons. The maximum Gasteiger partial charge on any atom is 0.252 e. The number of halogens is 2. The molecule has 0 atom stereocenters. The van der Waals surface area contributed by atoms with E-state index in [1.54, 1.807) is 18.2 Å². The average Bonchev–Trinajstić information content (AvgIpc) is 2.61. The zero-order valence-electron chi connectivity index (χ0n) is 15.3. The number of nitrogens with one attached hydrogen (secondary N) is 1. The van der Waals surface area contributed by atoms with E-state index in [1.165, 1.54) is 44.9 Å². The molecule has 0 spiro atoms. The molecule has 28 heavy (non-hydrogen) atoms. The van der Waals surface area contributed by atoms with Crippen LogP contribution in [-0.2, 0) is 4.74 Å². The first-order chi connectivity index (χ1) is 12.7. The van der Waals surface area contributed by atoms with Gasteiger partial charge in [-0.1, -0.05) is 58.6 Å². The number of hydrogen-bond donors (Lipinski definition) is 1. The number of hydrogen-bond acceptors (Lipinski definition) is 3. The number of ether oxygens (including phenoxy) is 2. The van der Waals surface area contributed by atoms with Crippen LogP contribution in [0.5, 0.6) is 5.75 Å². The van der Waals surface area contributed by atoms with E-state index in [0.717, 1.165) is 0 Å². The molecule has 0 aliphatic heterocycles. The zero-order valence-corrected chi connectivity index (χ0v) is 16.8. The Morgan fingerprint density at radius 3 is 2.39 bits per heavy atom. The molecule has 162 valence electrons. The second-order valence-corrected chi connectivity index (χ2v) is 7.50. The maximum atomic E-state index is 12.5. The molecule has 0 bridgehead atoms. The van der Waals surface area contributed by atoms with Gasteiger partial charge in [-0.25, -0.2) is 0 Å². The fraction of sp³-hybridized carbons (Fsp3) is 0.682. The summed E-state index contributed by atoms with van der Waals surface area (Å²) < 4.78 is 10.9. The first-order valence-electron chi connectivity index (χ1n) is 9.55. The maximum absolute atomic E-state index is 12.5. The van der Waals surface area contributed by atoms with E-state index < -0.39 is 0 Å². The van der Waals surface area contributed by atoms with Crippen molar-refractivity contribution in [2.45, 2.75) is 59.8 Å². The first kappa shape index (κ1) is 27.0. The quantitative estimate of drug-likeness (QED) is 0.365. The molecule has 6 heteroatoms. The molecule has 4 nitrogen and oxygen atoms in total. The number of benzene rings is 1. The fourth-order valence-corrected chi connectivity index (χ4v) is 3.53. The Balaban J connectivity index is 0.00000364. The molecule has 0 aromatic heterocycles. The van der Waals surface area contributed by atoms with Gasteiger partial charge in [-0.2, -0.15) is 0 Å². The van der Waals surface area contributed by atoms with E-state index in [0.29, 0.717) is 54.5 Å². The second-order valence-electron chi connectivity index (χ2n) is 6.71. The smallest absolute Gasteiger partial charge is 0.252 e. The number of alkyl halides is 1.